The van der Waals surface area contributed by atoms with Crippen LogP contribution in [0.4, 0.5) is 36.4 Å². The molecule has 0 saturated carbocycles. The molecule has 4 aromatic rings. The number of rotatable bonds is 10. The number of carbonyl (C=O) groups excluding carboxylic acids is 1. The molecule has 0 saturated heterocycles. The third kappa shape index (κ3) is 6.48. The molecule has 252 valence electrons. The summed E-state index contributed by atoms with van der Waals surface area (Å²) in [6.45, 7) is -0.361. The number of alkyl halides is 6. The zero-order valence-electron chi connectivity index (χ0n) is 24.4. The molecule has 1 aromatic heterocycles. The molecule has 15 heteroatoms. The van der Waals surface area contributed by atoms with Gasteiger partial charge in [-0.3, -0.25) is 9.10 Å². The summed E-state index contributed by atoms with van der Waals surface area (Å²) in [6.07, 6.45) is -11.2. The molecule has 1 aliphatic heterocycles. The van der Waals surface area contributed by atoms with Gasteiger partial charge in [0.15, 0.2) is 0 Å². The highest BCUT2D eigenvalue weighted by Crippen LogP contribution is 2.51. The molecule has 0 fully saturated rings. The lowest BCUT2D eigenvalue weighted by Gasteiger charge is -2.39. The van der Waals surface area contributed by atoms with E-state index in [1.54, 1.807) is 6.20 Å². The van der Waals surface area contributed by atoms with Crippen LogP contribution < -0.4 is 4.31 Å². The first-order valence-electron chi connectivity index (χ1n) is 14.4. The first-order valence-corrected chi connectivity index (χ1v) is 15.9. The first-order chi connectivity index (χ1) is 22.0. The number of ketones is 1. The van der Waals surface area contributed by atoms with Crippen molar-refractivity contribution in [2.24, 2.45) is 5.92 Å². The van der Waals surface area contributed by atoms with E-state index in [9.17, 15) is 54.2 Å². The lowest BCUT2D eigenvalue weighted by Crippen LogP contribution is -2.54. The number of aliphatic hydroxyl groups excluding tert-OH is 1. The summed E-state index contributed by atoms with van der Waals surface area (Å²) in [6, 6.07) is 11.5. The number of aryl methyl sites for hydroxylation is 1. The summed E-state index contributed by atoms with van der Waals surface area (Å²) < 4.78 is 124. The van der Waals surface area contributed by atoms with Crippen molar-refractivity contribution in [3.05, 3.63) is 95.4 Å². The molecule has 0 bridgehead atoms. The molecule has 0 amide bonds. The number of nitrogens with zero attached hydrogens (tertiary/aromatic N) is 1. The number of fused-ring (bicyclic) bond motifs is 2. The van der Waals surface area contributed by atoms with E-state index in [0.29, 0.717) is 18.6 Å². The van der Waals surface area contributed by atoms with Crippen LogP contribution >= 0.6 is 0 Å². The van der Waals surface area contributed by atoms with Gasteiger partial charge in [0.1, 0.15) is 11.6 Å². The lowest BCUT2D eigenvalue weighted by molar-refractivity contribution is -0.376. The Kier molecular flexibility index (Phi) is 9.20. The molecule has 0 unspecified atom stereocenters. The fourth-order valence-corrected chi connectivity index (χ4v) is 7.78. The Balaban J connectivity index is 1.48. The number of hydrogen-bond donors (Lipinski definition) is 3. The van der Waals surface area contributed by atoms with Gasteiger partial charge < -0.3 is 15.2 Å². The predicted octanol–water partition coefficient (Wildman–Crippen LogP) is 6.33. The Morgan fingerprint density at radius 2 is 1.64 bits per heavy atom. The number of hydrogen-bond acceptors (Lipinski definition) is 5. The van der Waals surface area contributed by atoms with Gasteiger partial charge in [0.05, 0.1) is 16.6 Å². The van der Waals surface area contributed by atoms with E-state index in [2.05, 4.69) is 4.98 Å². The number of aliphatic hydroxyl groups is 2. The minimum Gasteiger partial charge on any atom is -0.396 e. The van der Waals surface area contributed by atoms with Gasteiger partial charge in [-0.2, -0.15) is 26.3 Å². The molecular weight excluding hydrogens is 657 g/mol. The molecular formula is C32H29F7N2O5S. The van der Waals surface area contributed by atoms with Crippen LogP contribution in [0.2, 0.25) is 0 Å². The number of halogens is 7. The van der Waals surface area contributed by atoms with Gasteiger partial charge in [0.2, 0.25) is 0 Å². The average molecular weight is 687 g/mol. The fourth-order valence-electron chi connectivity index (χ4n) is 6.06. The summed E-state index contributed by atoms with van der Waals surface area (Å²) >= 11 is 0. The van der Waals surface area contributed by atoms with Gasteiger partial charge in [-0.1, -0.05) is 30.3 Å². The highest BCUT2D eigenvalue weighted by atomic mass is 32.2. The van der Waals surface area contributed by atoms with Gasteiger partial charge in [-0.05, 0) is 72.7 Å². The van der Waals surface area contributed by atoms with Gasteiger partial charge in [0, 0.05) is 42.1 Å². The number of H-pyrrole nitrogens is 1. The zero-order chi connectivity index (χ0) is 34.4. The van der Waals surface area contributed by atoms with E-state index in [-0.39, 0.29) is 43.5 Å². The van der Waals surface area contributed by atoms with Crippen molar-refractivity contribution < 1.29 is 54.2 Å². The Hall–Kier alpha value is -3.95. The highest BCUT2D eigenvalue weighted by molar-refractivity contribution is 7.92. The average Bonchev–Trinajstić information content (AvgIpc) is 3.41. The SMILES string of the molecule is O=C(C[C@@H](CO)Cc1c[nH]c2ccccc12)C[C@@H]1CCc2cc(C(O)(C(F)(F)F)C(F)(F)F)ccc2N1S(=O)(=O)c1ccc(F)cc1. The standard InChI is InChI=1S/C32H29F7N2O5S/c33-23-7-10-26(11-8-23)47(45,46)41-24(16-25(43)14-19(18-42)13-21-17-40-28-4-2-1-3-27(21)28)9-5-20-15-22(6-12-29(20)41)30(44,31(34,35)36)32(37,38)39/h1-4,6-8,10-12,15,17,19,24,40,42,44H,5,9,13-14,16,18H2/t19-,24-/m0/s1. The molecule has 2 atom stereocenters. The van der Waals surface area contributed by atoms with Gasteiger partial charge >= 0.3 is 12.4 Å². The van der Waals surface area contributed by atoms with Crippen LogP contribution in [0.15, 0.2) is 77.8 Å². The number of Topliss-reactive ketones (excluding diaryl/α,β-unsaturated/α-hetero) is 1. The van der Waals surface area contributed by atoms with Crippen LogP contribution in [0, 0.1) is 11.7 Å². The number of para-hydroxylation sites is 1. The monoisotopic (exact) mass is 686 g/mol. The molecule has 0 radical (unpaired) electrons. The summed E-state index contributed by atoms with van der Waals surface area (Å²) in [5, 5.41) is 20.9. The van der Waals surface area contributed by atoms with Crippen LogP contribution in [0.25, 0.3) is 10.9 Å². The summed E-state index contributed by atoms with van der Waals surface area (Å²) in [5.74, 6) is -1.73. The lowest BCUT2D eigenvalue weighted by atomic mass is 9.86. The van der Waals surface area contributed by atoms with Crippen LogP contribution in [0.3, 0.4) is 0 Å². The molecule has 47 heavy (non-hydrogen) atoms. The summed E-state index contributed by atoms with van der Waals surface area (Å²) in [5.41, 5.74) is -5.59. The van der Waals surface area contributed by atoms with Gasteiger partial charge in [-0.15, -0.1) is 0 Å². The van der Waals surface area contributed by atoms with E-state index in [0.717, 1.165) is 51.1 Å². The van der Waals surface area contributed by atoms with E-state index in [1.165, 1.54) is 0 Å². The Morgan fingerprint density at radius 1 is 0.979 bits per heavy atom. The Bertz CT molecular complexity index is 1860. The van der Waals surface area contributed by atoms with Crippen molar-refractivity contribution in [3.63, 3.8) is 0 Å². The second kappa shape index (κ2) is 12.6. The molecule has 3 N–H and O–H groups in total. The van der Waals surface area contributed by atoms with Crippen molar-refractivity contribution in [2.45, 2.75) is 61.0 Å². The molecule has 7 nitrogen and oxygen atoms in total. The van der Waals surface area contributed by atoms with Gasteiger partial charge in [-0.25, -0.2) is 12.8 Å². The maximum atomic E-state index is 13.9. The number of nitrogens with one attached hydrogen (secondary N) is 1. The third-order valence-corrected chi connectivity index (χ3v) is 10.3. The van der Waals surface area contributed by atoms with Crippen molar-refractivity contribution in [1.82, 2.24) is 4.98 Å². The molecule has 3 aromatic carbocycles. The van der Waals surface area contributed by atoms with E-state index in [1.807, 2.05) is 24.3 Å². The maximum absolute atomic E-state index is 13.9. The predicted molar refractivity (Wildman–Crippen MR) is 157 cm³/mol. The van der Waals surface area contributed by atoms with E-state index < -0.39 is 62.0 Å². The number of aromatic nitrogens is 1. The van der Waals surface area contributed by atoms with Crippen LogP contribution in [-0.4, -0.2) is 54.4 Å². The number of benzene rings is 3. The van der Waals surface area contributed by atoms with Gasteiger partial charge in [0.25, 0.3) is 15.6 Å². The van der Waals surface area contributed by atoms with Crippen molar-refractivity contribution >= 4 is 32.4 Å². The second-order valence-electron chi connectivity index (χ2n) is 11.6. The largest absolute Gasteiger partial charge is 0.430 e. The summed E-state index contributed by atoms with van der Waals surface area (Å²) in [7, 11) is -4.64. The first kappa shape index (κ1) is 34.4. The molecule has 0 aliphatic carbocycles. The van der Waals surface area contributed by atoms with E-state index >= 15 is 0 Å². The van der Waals surface area contributed by atoms with Crippen molar-refractivity contribution in [3.8, 4) is 0 Å². The third-order valence-electron chi connectivity index (χ3n) is 8.43. The van der Waals surface area contributed by atoms with E-state index in [4.69, 9.17) is 0 Å². The Morgan fingerprint density at radius 3 is 2.28 bits per heavy atom. The number of carbonyl (C=O) groups is 1. The molecule has 0 spiro atoms. The number of aromatic amines is 1. The van der Waals surface area contributed by atoms with Crippen LogP contribution in [0.1, 0.15) is 36.0 Å². The smallest absolute Gasteiger partial charge is 0.396 e. The number of anilines is 1. The summed E-state index contributed by atoms with van der Waals surface area (Å²) in [4.78, 5) is 16.1. The molecule has 1 aliphatic rings. The topological polar surface area (TPSA) is 111 Å². The molecule has 5 rings (SSSR count). The highest BCUT2D eigenvalue weighted by Gasteiger charge is 2.71. The zero-order valence-corrected chi connectivity index (χ0v) is 25.3. The van der Waals surface area contributed by atoms with Crippen LogP contribution in [-0.2, 0) is 33.3 Å². The van der Waals surface area contributed by atoms with Crippen molar-refractivity contribution in [2.75, 3.05) is 10.9 Å². The van der Waals surface area contributed by atoms with Crippen LogP contribution in [0.5, 0.6) is 0 Å². The normalized spacial score (nSPS) is 16.7. The van der Waals surface area contributed by atoms with Crippen molar-refractivity contribution in [1.29, 1.82) is 0 Å². The Labute approximate surface area is 264 Å². The maximum Gasteiger partial charge on any atom is 0.430 e. The fraction of sp³-hybridized carbons (Fsp3) is 0.344. The number of sulfonamides is 1. The second-order valence-corrected chi connectivity index (χ2v) is 13.4. The quantitative estimate of drug-likeness (QED) is 0.169. The minimum atomic E-state index is -6.15. The minimum absolute atomic E-state index is 0.146. The molecule has 2 heterocycles.